The van der Waals surface area contributed by atoms with E-state index < -0.39 is 0 Å². The Morgan fingerprint density at radius 1 is 0.619 bits per heavy atom. The van der Waals surface area contributed by atoms with Crippen molar-refractivity contribution in [3.63, 3.8) is 0 Å². The molecule has 0 aromatic heterocycles. The van der Waals surface area contributed by atoms with Crippen molar-refractivity contribution in [3.05, 3.63) is 81.4 Å². The number of hydrogen-bond acceptors (Lipinski definition) is 0. The van der Waals surface area contributed by atoms with Gasteiger partial charge in [-0.15, -0.1) is 0 Å². The number of aryl methyl sites for hydroxylation is 2. The fourth-order valence-electron chi connectivity index (χ4n) is 2.46. The summed E-state index contributed by atoms with van der Waals surface area (Å²) in [7, 11) is 0. The third-order valence-electron chi connectivity index (χ3n) is 3.89. The van der Waals surface area contributed by atoms with Gasteiger partial charge in [0.2, 0.25) is 0 Å². The zero-order valence-corrected chi connectivity index (χ0v) is 14.4. The van der Waals surface area contributed by atoms with Gasteiger partial charge in [0, 0.05) is 3.57 Å². The van der Waals surface area contributed by atoms with Crippen LogP contribution in [-0.4, -0.2) is 0 Å². The van der Waals surface area contributed by atoms with Gasteiger partial charge in [0.25, 0.3) is 0 Å². The van der Waals surface area contributed by atoms with Gasteiger partial charge < -0.3 is 0 Å². The second-order valence-electron chi connectivity index (χ2n) is 5.36. The monoisotopic (exact) mass is 384 g/mol. The van der Waals surface area contributed by atoms with Crippen LogP contribution in [0.5, 0.6) is 0 Å². The molecule has 0 aliphatic heterocycles. The Hall–Kier alpha value is -1.61. The molecular formula is C20H17I. The van der Waals surface area contributed by atoms with Crippen molar-refractivity contribution in [2.75, 3.05) is 0 Å². The maximum absolute atomic E-state index is 2.41. The van der Waals surface area contributed by atoms with E-state index in [2.05, 4.69) is 103 Å². The Kier molecular flexibility index (Phi) is 4.11. The SMILES string of the molecule is Cc1ccc(-c2ccc(I)c(-c3ccccc3)c2)cc1C. The Balaban J connectivity index is 2.11. The Bertz CT molecular complexity index is 773. The lowest BCUT2D eigenvalue weighted by Gasteiger charge is -2.10. The third kappa shape index (κ3) is 3.03. The maximum atomic E-state index is 2.41. The minimum atomic E-state index is 1.27. The van der Waals surface area contributed by atoms with Crippen LogP contribution in [0.4, 0.5) is 0 Å². The quantitative estimate of drug-likeness (QED) is 0.459. The number of halogens is 1. The van der Waals surface area contributed by atoms with E-state index in [1.54, 1.807) is 0 Å². The molecule has 0 aliphatic carbocycles. The molecule has 0 fully saturated rings. The van der Waals surface area contributed by atoms with Gasteiger partial charge in [-0.25, -0.2) is 0 Å². The topological polar surface area (TPSA) is 0 Å². The summed E-state index contributed by atoms with van der Waals surface area (Å²) in [4.78, 5) is 0. The summed E-state index contributed by atoms with van der Waals surface area (Å²) < 4.78 is 1.28. The first-order valence-corrected chi connectivity index (χ1v) is 8.15. The molecule has 0 amide bonds. The van der Waals surface area contributed by atoms with Gasteiger partial charge in [-0.2, -0.15) is 0 Å². The highest BCUT2D eigenvalue weighted by Crippen LogP contribution is 2.31. The van der Waals surface area contributed by atoms with Gasteiger partial charge in [-0.3, -0.25) is 0 Å². The summed E-state index contributed by atoms with van der Waals surface area (Å²) in [5.74, 6) is 0. The molecule has 104 valence electrons. The Morgan fingerprint density at radius 2 is 1.29 bits per heavy atom. The summed E-state index contributed by atoms with van der Waals surface area (Å²) in [6.45, 7) is 4.33. The Morgan fingerprint density at radius 3 is 2.00 bits per heavy atom. The standard InChI is InChI=1S/C20H17I/c1-14-8-9-17(12-15(14)2)18-10-11-20(21)19(13-18)16-6-4-3-5-7-16/h3-13H,1-2H3. The predicted octanol–water partition coefficient (Wildman–Crippen LogP) is 6.24. The van der Waals surface area contributed by atoms with Crippen LogP contribution in [0, 0.1) is 17.4 Å². The molecular weight excluding hydrogens is 367 g/mol. The number of rotatable bonds is 2. The molecule has 3 aromatic carbocycles. The van der Waals surface area contributed by atoms with Gasteiger partial charge in [0.1, 0.15) is 0 Å². The van der Waals surface area contributed by atoms with E-state index in [0.29, 0.717) is 0 Å². The number of hydrogen-bond donors (Lipinski definition) is 0. The normalized spacial score (nSPS) is 10.6. The summed E-state index contributed by atoms with van der Waals surface area (Å²) in [6.07, 6.45) is 0. The largest absolute Gasteiger partial charge is 0.0622 e. The fourth-order valence-corrected chi connectivity index (χ4v) is 3.11. The molecule has 0 bridgehead atoms. The van der Waals surface area contributed by atoms with Crippen molar-refractivity contribution in [3.8, 4) is 22.3 Å². The molecule has 3 rings (SSSR count). The number of benzene rings is 3. The lowest BCUT2D eigenvalue weighted by molar-refractivity contribution is 1.34. The van der Waals surface area contributed by atoms with Gasteiger partial charge in [0.05, 0.1) is 0 Å². The van der Waals surface area contributed by atoms with E-state index in [1.807, 2.05) is 0 Å². The average Bonchev–Trinajstić information content (AvgIpc) is 2.51. The minimum absolute atomic E-state index is 1.27. The van der Waals surface area contributed by atoms with Crippen LogP contribution >= 0.6 is 22.6 Å². The van der Waals surface area contributed by atoms with E-state index in [9.17, 15) is 0 Å². The van der Waals surface area contributed by atoms with Crippen LogP contribution in [0.3, 0.4) is 0 Å². The van der Waals surface area contributed by atoms with Crippen LogP contribution in [0.15, 0.2) is 66.7 Å². The van der Waals surface area contributed by atoms with Crippen LogP contribution in [0.1, 0.15) is 11.1 Å². The van der Waals surface area contributed by atoms with Gasteiger partial charge in [0.15, 0.2) is 0 Å². The molecule has 0 atom stereocenters. The first kappa shape index (κ1) is 14.3. The van der Waals surface area contributed by atoms with Crippen LogP contribution in [0.2, 0.25) is 0 Å². The summed E-state index contributed by atoms with van der Waals surface area (Å²) in [6, 6.07) is 24.0. The maximum Gasteiger partial charge on any atom is 0.0209 e. The first-order valence-electron chi connectivity index (χ1n) is 7.08. The summed E-state index contributed by atoms with van der Waals surface area (Å²) in [5, 5.41) is 0. The molecule has 0 unspecified atom stereocenters. The fraction of sp³-hybridized carbons (Fsp3) is 0.100. The molecule has 0 N–H and O–H groups in total. The molecule has 0 aliphatic rings. The van der Waals surface area contributed by atoms with Crippen molar-refractivity contribution in [2.45, 2.75) is 13.8 Å². The van der Waals surface area contributed by atoms with Crippen molar-refractivity contribution >= 4 is 22.6 Å². The van der Waals surface area contributed by atoms with Crippen molar-refractivity contribution < 1.29 is 0 Å². The highest BCUT2D eigenvalue weighted by Gasteiger charge is 2.06. The van der Waals surface area contributed by atoms with Crippen molar-refractivity contribution in [2.24, 2.45) is 0 Å². The summed E-state index contributed by atoms with van der Waals surface area (Å²) >= 11 is 2.41. The van der Waals surface area contributed by atoms with E-state index in [-0.39, 0.29) is 0 Å². The zero-order valence-electron chi connectivity index (χ0n) is 12.2. The highest BCUT2D eigenvalue weighted by atomic mass is 127. The first-order chi connectivity index (χ1) is 10.1. The van der Waals surface area contributed by atoms with E-state index in [1.165, 1.54) is 37.0 Å². The van der Waals surface area contributed by atoms with Crippen LogP contribution in [0.25, 0.3) is 22.3 Å². The Labute approximate surface area is 140 Å². The molecule has 0 heterocycles. The molecule has 3 aromatic rings. The second kappa shape index (κ2) is 6.02. The van der Waals surface area contributed by atoms with Crippen molar-refractivity contribution in [1.82, 2.24) is 0 Å². The van der Waals surface area contributed by atoms with Crippen LogP contribution < -0.4 is 0 Å². The minimum Gasteiger partial charge on any atom is -0.0622 e. The average molecular weight is 384 g/mol. The molecule has 0 saturated heterocycles. The molecule has 0 saturated carbocycles. The zero-order chi connectivity index (χ0) is 14.8. The van der Waals surface area contributed by atoms with Gasteiger partial charge >= 0.3 is 0 Å². The van der Waals surface area contributed by atoms with Gasteiger partial charge in [-0.1, -0.05) is 54.6 Å². The highest BCUT2D eigenvalue weighted by molar-refractivity contribution is 14.1. The second-order valence-corrected chi connectivity index (χ2v) is 6.52. The van der Waals surface area contributed by atoms with Gasteiger partial charge in [-0.05, 0) is 82.0 Å². The molecule has 1 heteroatoms. The van der Waals surface area contributed by atoms with E-state index in [4.69, 9.17) is 0 Å². The molecule has 0 spiro atoms. The lowest BCUT2D eigenvalue weighted by Crippen LogP contribution is -1.87. The smallest absolute Gasteiger partial charge is 0.0209 e. The van der Waals surface area contributed by atoms with Crippen molar-refractivity contribution in [1.29, 1.82) is 0 Å². The third-order valence-corrected chi connectivity index (χ3v) is 4.83. The summed E-state index contributed by atoms with van der Waals surface area (Å²) in [5.41, 5.74) is 7.81. The molecule has 21 heavy (non-hydrogen) atoms. The predicted molar refractivity (Wildman–Crippen MR) is 99.5 cm³/mol. The molecule has 0 nitrogen and oxygen atoms in total. The molecule has 0 radical (unpaired) electrons. The van der Waals surface area contributed by atoms with E-state index >= 15 is 0 Å². The lowest BCUT2D eigenvalue weighted by atomic mass is 9.97. The van der Waals surface area contributed by atoms with Crippen LogP contribution in [-0.2, 0) is 0 Å². The van der Waals surface area contributed by atoms with E-state index in [0.717, 1.165) is 0 Å².